The highest BCUT2D eigenvalue weighted by Gasteiger charge is 2.25. The van der Waals surface area contributed by atoms with E-state index in [0.29, 0.717) is 13.0 Å². The number of hydrogen-bond donors (Lipinski definition) is 1. The Hall–Kier alpha value is -1.71. The Bertz CT molecular complexity index is 445. The van der Waals surface area contributed by atoms with Crippen LogP contribution in [0.2, 0.25) is 0 Å². The maximum atomic E-state index is 12.0. The van der Waals surface area contributed by atoms with Gasteiger partial charge in [-0.3, -0.25) is 4.79 Å². The normalized spacial score (nSPS) is 17.3. The van der Waals surface area contributed by atoms with Gasteiger partial charge in [0.1, 0.15) is 18.1 Å². The minimum absolute atomic E-state index is 0.0851. The highest BCUT2D eigenvalue weighted by molar-refractivity contribution is 5.79. The fourth-order valence-electron chi connectivity index (χ4n) is 2.20. The second kappa shape index (κ2) is 6.45. The van der Waals surface area contributed by atoms with Crippen molar-refractivity contribution < 1.29 is 14.3 Å². The standard InChI is InChI=1S/C15H21NO3/c1-3-4-7-16-15(17)12-8-11-9-13(18-2)5-6-14(11)19-10-12/h5-6,9,12H,3-4,7-8,10H2,1-2H3,(H,16,17). The number of carbonyl (C=O) groups is 1. The van der Waals surface area contributed by atoms with E-state index in [-0.39, 0.29) is 11.8 Å². The largest absolute Gasteiger partial charge is 0.497 e. The third kappa shape index (κ3) is 3.40. The van der Waals surface area contributed by atoms with Gasteiger partial charge in [0.15, 0.2) is 0 Å². The first kappa shape index (κ1) is 13.7. The average Bonchev–Trinajstić information content (AvgIpc) is 2.46. The summed E-state index contributed by atoms with van der Waals surface area (Å²) < 4.78 is 10.8. The van der Waals surface area contributed by atoms with E-state index in [9.17, 15) is 4.79 Å². The molecule has 1 aliphatic heterocycles. The van der Waals surface area contributed by atoms with Gasteiger partial charge in [0.2, 0.25) is 5.91 Å². The van der Waals surface area contributed by atoms with Crippen LogP contribution in [-0.2, 0) is 11.2 Å². The Kier molecular flexibility index (Phi) is 4.66. The minimum atomic E-state index is -0.100. The second-order valence-electron chi connectivity index (χ2n) is 4.83. The molecule has 1 aliphatic rings. The number of rotatable bonds is 5. The van der Waals surface area contributed by atoms with Crippen molar-refractivity contribution in [1.29, 1.82) is 0 Å². The smallest absolute Gasteiger partial charge is 0.226 e. The fourth-order valence-corrected chi connectivity index (χ4v) is 2.20. The van der Waals surface area contributed by atoms with Crippen molar-refractivity contribution in [2.45, 2.75) is 26.2 Å². The molecular formula is C15H21NO3. The summed E-state index contributed by atoms with van der Waals surface area (Å²) in [5.74, 6) is 1.64. The van der Waals surface area contributed by atoms with Crippen molar-refractivity contribution in [2.24, 2.45) is 5.92 Å². The fraction of sp³-hybridized carbons (Fsp3) is 0.533. The van der Waals surface area contributed by atoms with E-state index in [2.05, 4.69) is 12.2 Å². The van der Waals surface area contributed by atoms with Crippen LogP contribution in [0.1, 0.15) is 25.3 Å². The lowest BCUT2D eigenvalue weighted by Gasteiger charge is -2.25. The van der Waals surface area contributed by atoms with Crippen molar-refractivity contribution in [1.82, 2.24) is 5.32 Å². The third-order valence-corrected chi connectivity index (χ3v) is 3.37. The minimum Gasteiger partial charge on any atom is -0.497 e. The van der Waals surface area contributed by atoms with Crippen molar-refractivity contribution in [3.63, 3.8) is 0 Å². The van der Waals surface area contributed by atoms with E-state index in [0.717, 1.165) is 36.4 Å². The number of methoxy groups -OCH3 is 1. The van der Waals surface area contributed by atoms with Crippen molar-refractivity contribution in [3.8, 4) is 11.5 Å². The molecule has 1 heterocycles. The lowest BCUT2D eigenvalue weighted by molar-refractivity contribution is -0.126. The summed E-state index contributed by atoms with van der Waals surface area (Å²) in [6.07, 6.45) is 2.82. The van der Waals surface area contributed by atoms with Gasteiger partial charge in [-0.2, -0.15) is 0 Å². The van der Waals surface area contributed by atoms with E-state index in [1.165, 1.54) is 0 Å². The van der Waals surface area contributed by atoms with Crippen LogP contribution in [0.25, 0.3) is 0 Å². The summed E-state index contributed by atoms with van der Waals surface area (Å²) in [5.41, 5.74) is 1.04. The number of nitrogens with one attached hydrogen (secondary N) is 1. The predicted octanol–water partition coefficient (Wildman–Crippen LogP) is 2.16. The second-order valence-corrected chi connectivity index (χ2v) is 4.83. The first-order valence-corrected chi connectivity index (χ1v) is 6.82. The molecule has 104 valence electrons. The molecule has 4 heteroatoms. The SMILES string of the molecule is CCCCNC(=O)C1COc2ccc(OC)cc2C1. The van der Waals surface area contributed by atoms with Crippen LogP contribution in [0.15, 0.2) is 18.2 Å². The molecule has 4 nitrogen and oxygen atoms in total. The molecule has 1 aromatic rings. The van der Waals surface area contributed by atoms with Crippen LogP contribution in [0.3, 0.4) is 0 Å². The summed E-state index contributed by atoms with van der Waals surface area (Å²) in [6.45, 7) is 3.31. The van der Waals surface area contributed by atoms with Crippen LogP contribution in [0.5, 0.6) is 11.5 Å². The number of unbranched alkanes of at least 4 members (excludes halogenated alkanes) is 1. The lowest BCUT2D eigenvalue weighted by atomic mass is 9.96. The quantitative estimate of drug-likeness (QED) is 0.828. The van der Waals surface area contributed by atoms with Gasteiger partial charge in [0.05, 0.1) is 13.0 Å². The number of carbonyl (C=O) groups excluding carboxylic acids is 1. The number of amides is 1. The molecule has 1 aromatic carbocycles. The molecule has 0 aromatic heterocycles. The molecule has 1 N–H and O–H groups in total. The highest BCUT2D eigenvalue weighted by Crippen LogP contribution is 2.30. The highest BCUT2D eigenvalue weighted by atomic mass is 16.5. The molecule has 1 atom stereocenters. The topological polar surface area (TPSA) is 47.6 Å². The lowest BCUT2D eigenvalue weighted by Crippen LogP contribution is -2.37. The number of ether oxygens (including phenoxy) is 2. The maximum absolute atomic E-state index is 12.0. The van der Waals surface area contributed by atoms with Crippen LogP contribution in [0.4, 0.5) is 0 Å². The van der Waals surface area contributed by atoms with Gasteiger partial charge in [0.25, 0.3) is 0 Å². The zero-order valence-corrected chi connectivity index (χ0v) is 11.6. The van der Waals surface area contributed by atoms with Gasteiger partial charge in [-0.15, -0.1) is 0 Å². The Morgan fingerprint density at radius 1 is 1.53 bits per heavy atom. The summed E-state index contributed by atoms with van der Waals surface area (Å²) in [5, 5.41) is 2.96. The maximum Gasteiger partial charge on any atom is 0.226 e. The van der Waals surface area contributed by atoms with Crippen molar-refractivity contribution >= 4 is 5.91 Å². The van der Waals surface area contributed by atoms with Crippen molar-refractivity contribution in [2.75, 3.05) is 20.3 Å². The molecule has 1 amide bonds. The molecule has 1 unspecified atom stereocenters. The Labute approximate surface area is 114 Å². The van der Waals surface area contributed by atoms with E-state index in [4.69, 9.17) is 9.47 Å². The Morgan fingerprint density at radius 2 is 2.37 bits per heavy atom. The first-order valence-electron chi connectivity index (χ1n) is 6.82. The summed E-state index contributed by atoms with van der Waals surface area (Å²) in [7, 11) is 1.64. The molecule has 19 heavy (non-hydrogen) atoms. The number of fused-ring (bicyclic) bond motifs is 1. The Balaban J connectivity index is 1.98. The van der Waals surface area contributed by atoms with Crippen LogP contribution >= 0.6 is 0 Å². The Morgan fingerprint density at radius 3 is 3.11 bits per heavy atom. The van der Waals surface area contributed by atoms with Gasteiger partial charge in [-0.1, -0.05) is 13.3 Å². The number of benzene rings is 1. The summed E-state index contributed by atoms with van der Waals surface area (Å²) >= 11 is 0. The molecular weight excluding hydrogens is 242 g/mol. The van der Waals surface area contributed by atoms with Gasteiger partial charge in [-0.25, -0.2) is 0 Å². The van der Waals surface area contributed by atoms with Gasteiger partial charge >= 0.3 is 0 Å². The first-order chi connectivity index (χ1) is 9.24. The molecule has 0 spiro atoms. The van der Waals surface area contributed by atoms with Crippen LogP contribution in [0, 0.1) is 5.92 Å². The van der Waals surface area contributed by atoms with Crippen molar-refractivity contribution in [3.05, 3.63) is 23.8 Å². The molecule has 2 rings (SSSR count). The zero-order valence-electron chi connectivity index (χ0n) is 11.6. The van der Waals surface area contributed by atoms with Gasteiger partial charge in [0, 0.05) is 6.54 Å². The number of hydrogen-bond acceptors (Lipinski definition) is 3. The van der Waals surface area contributed by atoms with Gasteiger partial charge in [-0.05, 0) is 36.6 Å². The monoisotopic (exact) mass is 263 g/mol. The zero-order chi connectivity index (χ0) is 13.7. The molecule has 0 saturated heterocycles. The van der Waals surface area contributed by atoms with E-state index in [1.54, 1.807) is 7.11 Å². The average molecular weight is 263 g/mol. The summed E-state index contributed by atoms with van der Waals surface area (Å²) in [6, 6.07) is 5.72. The van der Waals surface area contributed by atoms with E-state index < -0.39 is 0 Å². The van der Waals surface area contributed by atoms with E-state index in [1.807, 2.05) is 18.2 Å². The third-order valence-electron chi connectivity index (χ3n) is 3.37. The van der Waals surface area contributed by atoms with Crippen LogP contribution < -0.4 is 14.8 Å². The molecule has 0 radical (unpaired) electrons. The summed E-state index contributed by atoms with van der Waals surface area (Å²) in [4.78, 5) is 12.0. The predicted molar refractivity (Wildman–Crippen MR) is 73.6 cm³/mol. The van der Waals surface area contributed by atoms with E-state index >= 15 is 0 Å². The molecule has 0 fully saturated rings. The molecule has 0 saturated carbocycles. The van der Waals surface area contributed by atoms with Gasteiger partial charge < -0.3 is 14.8 Å². The molecule has 0 aliphatic carbocycles. The van der Waals surface area contributed by atoms with Crippen LogP contribution in [-0.4, -0.2) is 26.2 Å². The molecule has 0 bridgehead atoms.